The van der Waals surface area contributed by atoms with Crippen LogP contribution in [0.15, 0.2) is 35.7 Å². The topological polar surface area (TPSA) is 92.7 Å². The summed E-state index contributed by atoms with van der Waals surface area (Å²) in [5, 5.41) is 0.228. The van der Waals surface area contributed by atoms with Crippen LogP contribution in [0.5, 0.6) is 0 Å². The highest BCUT2D eigenvalue weighted by Gasteiger charge is 2.27. The third-order valence-electron chi connectivity index (χ3n) is 5.88. The lowest BCUT2D eigenvalue weighted by Crippen LogP contribution is -2.52. The summed E-state index contributed by atoms with van der Waals surface area (Å²) in [5.41, 5.74) is 2.12. The smallest absolute Gasteiger partial charge is 0.342 e. The summed E-state index contributed by atoms with van der Waals surface area (Å²) in [7, 11) is 0. The number of carbonyl (C=O) groups is 2. The van der Waals surface area contributed by atoms with Gasteiger partial charge in [-0.15, -0.1) is 0 Å². The number of rotatable bonds is 5. The molecule has 0 saturated carbocycles. The van der Waals surface area contributed by atoms with E-state index in [4.69, 9.17) is 0 Å². The van der Waals surface area contributed by atoms with Crippen molar-refractivity contribution < 1.29 is 18.5 Å². The van der Waals surface area contributed by atoms with Crippen LogP contribution in [0, 0.1) is 5.82 Å². The summed E-state index contributed by atoms with van der Waals surface area (Å²) in [4.78, 5) is 38.5. The monoisotopic (exact) mass is 459 g/mol. The van der Waals surface area contributed by atoms with Crippen molar-refractivity contribution >= 4 is 28.7 Å². The van der Waals surface area contributed by atoms with Crippen LogP contribution in [0.1, 0.15) is 19.3 Å². The zero-order chi connectivity index (χ0) is 22.7. The number of anilines is 1. The Labute approximate surface area is 189 Å². The molecule has 32 heavy (non-hydrogen) atoms. The summed E-state index contributed by atoms with van der Waals surface area (Å²) >= 11 is -1.29. The molecule has 1 atom stereocenters. The van der Waals surface area contributed by atoms with Crippen molar-refractivity contribution in [3.05, 3.63) is 36.4 Å². The number of piperidine rings is 1. The maximum absolute atomic E-state index is 14.0. The summed E-state index contributed by atoms with van der Waals surface area (Å²) in [6, 6.07) is 4.57. The minimum Gasteiger partial charge on any atom is -0.609 e. The van der Waals surface area contributed by atoms with Gasteiger partial charge in [0.15, 0.2) is 0 Å². The third-order valence-corrected chi connectivity index (χ3v) is 6.60. The van der Waals surface area contributed by atoms with Crippen molar-refractivity contribution in [1.29, 1.82) is 0 Å². The van der Waals surface area contributed by atoms with Gasteiger partial charge in [-0.3, -0.25) is 9.59 Å². The number of carbonyl (C=O) groups excluding carboxylic acids is 2. The number of benzene rings is 1. The largest absolute Gasteiger partial charge is 0.609 e. The fraction of sp³-hybridized carbons (Fsp3) is 0.455. The molecule has 2 aliphatic heterocycles. The Morgan fingerprint density at radius 2 is 1.84 bits per heavy atom. The second-order valence-corrected chi connectivity index (χ2v) is 9.28. The van der Waals surface area contributed by atoms with E-state index in [0.29, 0.717) is 50.3 Å². The maximum atomic E-state index is 14.0. The molecule has 2 amide bonds. The second-order valence-electron chi connectivity index (χ2n) is 8.01. The fourth-order valence-electron chi connectivity index (χ4n) is 4.11. The first kappa shape index (κ1) is 22.5. The van der Waals surface area contributed by atoms with Gasteiger partial charge in [-0.25, -0.2) is 4.39 Å². The van der Waals surface area contributed by atoms with Crippen molar-refractivity contribution in [2.75, 3.05) is 50.4 Å². The lowest BCUT2D eigenvalue weighted by atomic mass is 10.0. The molecule has 0 radical (unpaired) electrons. The maximum Gasteiger partial charge on any atom is 0.342 e. The number of nitrogens with zero attached hydrogens (tertiary/aromatic N) is 5. The molecule has 2 aromatic rings. The molecule has 4 rings (SSSR count). The number of amides is 2. The van der Waals surface area contributed by atoms with Gasteiger partial charge in [0.25, 0.3) is 0 Å². The highest BCUT2D eigenvalue weighted by molar-refractivity contribution is 7.90. The van der Waals surface area contributed by atoms with E-state index in [2.05, 4.69) is 14.9 Å². The summed E-state index contributed by atoms with van der Waals surface area (Å²) in [5.74, 6) is -0.345. The minimum absolute atomic E-state index is 0.0317. The molecule has 0 N–H and O–H groups in total. The van der Waals surface area contributed by atoms with Crippen LogP contribution in [0.25, 0.3) is 11.1 Å². The Hall–Kier alpha value is -2.72. The third kappa shape index (κ3) is 5.02. The fourth-order valence-corrected chi connectivity index (χ4v) is 4.51. The lowest BCUT2D eigenvalue weighted by molar-refractivity contribution is -0.142. The Kier molecular flexibility index (Phi) is 6.90. The Morgan fingerprint density at radius 1 is 1.12 bits per heavy atom. The van der Waals surface area contributed by atoms with Gasteiger partial charge in [0, 0.05) is 79.5 Å². The predicted molar refractivity (Wildman–Crippen MR) is 119 cm³/mol. The van der Waals surface area contributed by atoms with Crippen LogP contribution < -0.4 is 4.90 Å². The average Bonchev–Trinajstić information content (AvgIpc) is 2.80. The van der Waals surface area contributed by atoms with Gasteiger partial charge in [0.2, 0.25) is 11.8 Å². The van der Waals surface area contributed by atoms with E-state index >= 15 is 0 Å². The standard InChI is InChI=1S/C22H26FN5O3S/c1-32(31)22-24-13-16(14-25-22)18-12-17(23)5-6-19(18)26-8-10-27(11-9-26)21(30)15-28-7-3-2-4-20(28)29/h5-6,12-14H,2-4,7-11,15H2,1H3. The average molecular weight is 460 g/mol. The highest BCUT2D eigenvalue weighted by atomic mass is 32.2. The van der Waals surface area contributed by atoms with Crippen LogP contribution in [-0.2, 0) is 20.8 Å². The Morgan fingerprint density at radius 3 is 2.50 bits per heavy atom. The molecule has 2 saturated heterocycles. The van der Waals surface area contributed by atoms with Crippen molar-refractivity contribution in [3.8, 4) is 11.1 Å². The summed E-state index contributed by atoms with van der Waals surface area (Å²) in [6.45, 7) is 3.04. The number of halogens is 1. The molecule has 1 aromatic carbocycles. The molecule has 10 heteroatoms. The number of hydrogen-bond donors (Lipinski definition) is 0. The molecule has 1 unspecified atom stereocenters. The van der Waals surface area contributed by atoms with Gasteiger partial charge in [-0.05, 0) is 31.0 Å². The van der Waals surface area contributed by atoms with Crippen molar-refractivity contribution in [2.45, 2.75) is 24.4 Å². The minimum atomic E-state index is -1.29. The quantitative estimate of drug-likeness (QED) is 0.499. The summed E-state index contributed by atoms with van der Waals surface area (Å²) < 4.78 is 25.6. The molecule has 3 heterocycles. The van der Waals surface area contributed by atoms with Gasteiger partial charge in [0.1, 0.15) is 12.1 Å². The zero-order valence-electron chi connectivity index (χ0n) is 18.0. The molecular formula is C22H26FN5O3S. The first-order chi connectivity index (χ1) is 15.4. The number of hydrogen-bond acceptors (Lipinski definition) is 6. The van der Waals surface area contributed by atoms with Crippen molar-refractivity contribution in [2.24, 2.45) is 0 Å². The van der Waals surface area contributed by atoms with Gasteiger partial charge in [0.05, 0.1) is 6.54 Å². The highest BCUT2D eigenvalue weighted by Crippen LogP contribution is 2.32. The van der Waals surface area contributed by atoms with E-state index in [1.54, 1.807) is 28.3 Å². The molecule has 2 fully saturated rings. The van der Waals surface area contributed by atoms with E-state index in [1.165, 1.54) is 18.4 Å². The first-order valence-electron chi connectivity index (χ1n) is 10.7. The first-order valence-corrected chi connectivity index (χ1v) is 12.2. The van der Waals surface area contributed by atoms with Gasteiger partial charge in [-0.1, -0.05) is 0 Å². The van der Waals surface area contributed by atoms with Crippen LogP contribution >= 0.6 is 0 Å². The van der Waals surface area contributed by atoms with Gasteiger partial charge >= 0.3 is 5.16 Å². The van der Waals surface area contributed by atoms with Gasteiger partial charge < -0.3 is 19.3 Å². The van der Waals surface area contributed by atoms with Crippen LogP contribution in [0.4, 0.5) is 10.1 Å². The molecular weight excluding hydrogens is 433 g/mol. The summed E-state index contributed by atoms with van der Waals surface area (Å²) in [6.07, 6.45) is 6.97. The van der Waals surface area contributed by atoms with E-state index in [0.717, 1.165) is 18.5 Å². The van der Waals surface area contributed by atoms with E-state index in [1.807, 2.05) is 0 Å². The van der Waals surface area contributed by atoms with E-state index in [9.17, 15) is 18.5 Å². The molecule has 2 aliphatic rings. The molecule has 170 valence electrons. The number of piperazine rings is 1. The molecule has 1 aromatic heterocycles. The lowest BCUT2D eigenvalue weighted by Gasteiger charge is -2.38. The van der Waals surface area contributed by atoms with Gasteiger partial charge in [-0.2, -0.15) is 9.97 Å². The van der Waals surface area contributed by atoms with E-state index < -0.39 is 11.2 Å². The predicted octanol–water partition coefficient (Wildman–Crippen LogP) is 1.68. The van der Waals surface area contributed by atoms with Crippen LogP contribution in [0.2, 0.25) is 0 Å². The molecule has 0 aliphatic carbocycles. The number of likely N-dealkylation sites (tertiary alicyclic amines) is 1. The van der Waals surface area contributed by atoms with E-state index in [-0.39, 0.29) is 29.3 Å². The normalized spacial score (nSPS) is 18.1. The Bertz CT molecular complexity index is 980. The van der Waals surface area contributed by atoms with Crippen molar-refractivity contribution in [1.82, 2.24) is 19.8 Å². The zero-order valence-corrected chi connectivity index (χ0v) is 18.8. The number of aromatic nitrogens is 2. The molecule has 0 bridgehead atoms. The van der Waals surface area contributed by atoms with Crippen molar-refractivity contribution in [3.63, 3.8) is 0 Å². The molecule has 8 nitrogen and oxygen atoms in total. The second kappa shape index (κ2) is 9.83. The Balaban J connectivity index is 1.44. The molecule has 0 spiro atoms. The SMILES string of the molecule is C[S+]([O-])c1ncc(-c2cc(F)ccc2N2CCN(C(=O)CN3CCCCC3=O)CC2)cn1. The van der Waals surface area contributed by atoms with Crippen LogP contribution in [-0.4, -0.2) is 81.7 Å². The van der Waals surface area contributed by atoms with Crippen LogP contribution in [0.3, 0.4) is 0 Å².